The lowest BCUT2D eigenvalue weighted by Gasteiger charge is -2.12. The summed E-state index contributed by atoms with van der Waals surface area (Å²) in [5.74, 6) is 0.847. The molecular formula is C18H22N2OS. The number of carbonyl (C=O) groups excluding carboxylic acids is 1. The Morgan fingerprint density at radius 2 is 1.68 bits per heavy atom. The topological polar surface area (TPSA) is 32.3 Å². The van der Waals surface area contributed by atoms with Gasteiger partial charge in [0.2, 0.25) is 0 Å². The third-order valence-corrected chi connectivity index (χ3v) is 4.34. The summed E-state index contributed by atoms with van der Waals surface area (Å²) in [5.41, 5.74) is 3.05. The van der Waals surface area contributed by atoms with Crippen LogP contribution in [0.5, 0.6) is 0 Å². The fourth-order valence-corrected chi connectivity index (χ4v) is 2.75. The molecule has 0 saturated carbocycles. The van der Waals surface area contributed by atoms with Gasteiger partial charge in [-0.2, -0.15) is 0 Å². The van der Waals surface area contributed by atoms with Crippen LogP contribution in [-0.4, -0.2) is 32.3 Å². The highest BCUT2D eigenvalue weighted by Gasteiger charge is 2.05. The monoisotopic (exact) mass is 314 g/mol. The summed E-state index contributed by atoms with van der Waals surface area (Å²) in [4.78, 5) is 15.3. The SMILES string of the molecule is Cc1ccc(SCCNC(=O)c2ccc(N(C)C)cc2)cc1. The summed E-state index contributed by atoms with van der Waals surface area (Å²) >= 11 is 1.75. The second kappa shape index (κ2) is 7.90. The summed E-state index contributed by atoms with van der Waals surface area (Å²) in [6.45, 7) is 2.74. The smallest absolute Gasteiger partial charge is 0.251 e. The minimum absolute atomic E-state index is 0.0187. The van der Waals surface area contributed by atoms with E-state index in [1.807, 2.05) is 43.3 Å². The van der Waals surface area contributed by atoms with Gasteiger partial charge in [0.05, 0.1) is 0 Å². The van der Waals surface area contributed by atoms with E-state index in [1.54, 1.807) is 11.8 Å². The molecule has 2 aromatic carbocycles. The molecule has 0 bridgehead atoms. The van der Waals surface area contributed by atoms with Gasteiger partial charge in [0.25, 0.3) is 5.91 Å². The van der Waals surface area contributed by atoms with Crippen molar-refractivity contribution in [3.63, 3.8) is 0 Å². The molecule has 1 amide bonds. The summed E-state index contributed by atoms with van der Waals surface area (Å²) in [5, 5.41) is 2.96. The van der Waals surface area contributed by atoms with Crippen LogP contribution in [0.1, 0.15) is 15.9 Å². The first-order valence-electron chi connectivity index (χ1n) is 7.31. The van der Waals surface area contributed by atoms with Gasteiger partial charge in [-0.05, 0) is 43.3 Å². The zero-order chi connectivity index (χ0) is 15.9. The highest BCUT2D eigenvalue weighted by atomic mass is 32.2. The molecule has 0 unspecified atom stereocenters. The number of amides is 1. The van der Waals surface area contributed by atoms with Crippen LogP contribution in [0.15, 0.2) is 53.4 Å². The van der Waals surface area contributed by atoms with Gasteiger partial charge in [0.15, 0.2) is 0 Å². The van der Waals surface area contributed by atoms with Crippen LogP contribution >= 0.6 is 11.8 Å². The average Bonchev–Trinajstić information content (AvgIpc) is 2.53. The van der Waals surface area contributed by atoms with Crippen molar-refractivity contribution in [3.05, 3.63) is 59.7 Å². The van der Waals surface area contributed by atoms with E-state index in [4.69, 9.17) is 0 Å². The molecule has 0 aromatic heterocycles. The lowest BCUT2D eigenvalue weighted by Crippen LogP contribution is -2.25. The van der Waals surface area contributed by atoms with Gasteiger partial charge in [-0.3, -0.25) is 4.79 Å². The average molecular weight is 314 g/mol. The molecule has 0 heterocycles. The maximum absolute atomic E-state index is 12.0. The van der Waals surface area contributed by atoms with Crippen molar-refractivity contribution in [1.82, 2.24) is 5.32 Å². The van der Waals surface area contributed by atoms with Crippen LogP contribution in [-0.2, 0) is 0 Å². The van der Waals surface area contributed by atoms with E-state index in [1.165, 1.54) is 10.5 Å². The van der Waals surface area contributed by atoms with Crippen molar-refractivity contribution in [2.75, 3.05) is 31.3 Å². The van der Waals surface area contributed by atoms with E-state index in [0.717, 1.165) is 11.4 Å². The van der Waals surface area contributed by atoms with Crippen molar-refractivity contribution >= 4 is 23.4 Å². The molecule has 22 heavy (non-hydrogen) atoms. The number of nitrogens with one attached hydrogen (secondary N) is 1. The molecule has 1 N–H and O–H groups in total. The number of rotatable bonds is 6. The first-order chi connectivity index (χ1) is 10.6. The molecule has 0 aliphatic carbocycles. The lowest BCUT2D eigenvalue weighted by molar-refractivity contribution is 0.0956. The Morgan fingerprint density at radius 3 is 2.27 bits per heavy atom. The molecular weight excluding hydrogens is 292 g/mol. The zero-order valence-corrected chi connectivity index (χ0v) is 14.1. The minimum atomic E-state index is -0.0187. The Balaban J connectivity index is 1.76. The summed E-state index contributed by atoms with van der Waals surface area (Å²) in [6, 6.07) is 16.1. The number of nitrogens with zero attached hydrogens (tertiary/aromatic N) is 1. The Kier molecular flexibility index (Phi) is 5.90. The first kappa shape index (κ1) is 16.4. The third kappa shape index (κ3) is 4.81. The van der Waals surface area contributed by atoms with Gasteiger partial charge in [0.1, 0.15) is 0 Å². The normalized spacial score (nSPS) is 10.3. The van der Waals surface area contributed by atoms with E-state index in [0.29, 0.717) is 12.1 Å². The molecule has 2 aromatic rings. The molecule has 0 aliphatic heterocycles. The number of carbonyl (C=O) groups is 1. The van der Waals surface area contributed by atoms with Crippen molar-refractivity contribution in [1.29, 1.82) is 0 Å². The fourth-order valence-electron chi connectivity index (χ4n) is 1.98. The maximum Gasteiger partial charge on any atom is 0.251 e. The van der Waals surface area contributed by atoms with E-state index in [2.05, 4.69) is 36.5 Å². The number of hydrogen-bond donors (Lipinski definition) is 1. The molecule has 0 atom stereocenters. The third-order valence-electron chi connectivity index (χ3n) is 3.32. The molecule has 0 aliphatic rings. The maximum atomic E-state index is 12.0. The second-order valence-corrected chi connectivity index (χ2v) is 6.53. The first-order valence-corrected chi connectivity index (χ1v) is 8.30. The Bertz CT molecular complexity index is 606. The van der Waals surface area contributed by atoms with Crippen LogP contribution in [0, 0.1) is 6.92 Å². The van der Waals surface area contributed by atoms with Gasteiger partial charge in [-0.25, -0.2) is 0 Å². The zero-order valence-electron chi connectivity index (χ0n) is 13.3. The summed E-state index contributed by atoms with van der Waals surface area (Å²) in [6.07, 6.45) is 0. The summed E-state index contributed by atoms with van der Waals surface area (Å²) < 4.78 is 0. The number of hydrogen-bond acceptors (Lipinski definition) is 3. The van der Waals surface area contributed by atoms with Crippen molar-refractivity contribution in [2.45, 2.75) is 11.8 Å². The molecule has 0 fully saturated rings. The van der Waals surface area contributed by atoms with E-state index in [-0.39, 0.29) is 5.91 Å². The quantitative estimate of drug-likeness (QED) is 0.653. The number of benzene rings is 2. The van der Waals surface area contributed by atoms with E-state index >= 15 is 0 Å². The Morgan fingerprint density at radius 1 is 1.05 bits per heavy atom. The van der Waals surface area contributed by atoms with Crippen molar-refractivity contribution in [3.8, 4) is 0 Å². The predicted molar refractivity (Wildman–Crippen MR) is 95.0 cm³/mol. The second-order valence-electron chi connectivity index (χ2n) is 5.36. The Hall–Kier alpha value is -1.94. The highest BCUT2D eigenvalue weighted by molar-refractivity contribution is 7.99. The minimum Gasteiger partial charge on any atom is -0.378 e. The fraction of sp³-hybridized carbons (Fsp3) is 0.278. The van der Waals surface area contributed by atoms with E-state index < -0.39 is 0 Å². The Labute approximate surface area is 136 Å². The highest BCUT2D eigenvalue weighted by Crippen LogP contribution is 2.17. The van der Waals surface area contributed by atoms with Crippen LogP contribution in [0.3, 0.4) is 0 Å². The van der Waals surface area contributed by atoms with E-state index in [9.17, 15) is 4.79 Å². The van der Waals surface area contributed by atoms with Crippen LogP contribution in [0.4, 0.5) is 5.69 Å². The van der Waals surface area contributed by atoms with Gasteiger partial charge < -0.3 is 10.2 Å². The van der Waals surface area contributed by atoms with Crippen LogP contribution in [0.2, 0.25) is 0 Å². The van der Waals surface area contributed by atoms with Crippen molar-refractivity contribution in [2.24, 2.45) is 0 Å². The van der Waals surface area contributed by atoms with Crippen LogP contribution in [0.25, 0.3) is 0 Å². The number of aryl methyl sites for hydroxylation is 1. The molecule has 3 nitrogen and oxygen atoms in total. The standard InChI is InChI=1S/C18H22N2OS/c1-14-4-10-17(11-5-14)22-13-12-19-18(21)15-6-8-16(9-7-15)20(2)3/h4-11H,12-13H2,1-3H3,(H,19,21). The largest absolute Gasteiger partial charge is 0.378 e. The predicted octanol–water partition coefficient (Wildman–Crippen LogP) is 3.58. The van der Waals surface area contributed by atoms with Gasteiger partial charge >= 0.3 is 0 Å². The summed E-state index contributed by atoms with van der Waals surface area (Å²) in [7, 11) is 3.97. The van der Waals surface area contributed by atoms with Crippen molar-refractivity contribution < 1.29 is 4.79 Å². The van der Waals surface area contributed by atoms with Crippen LogP contribution < -0.4 is 10.2 Å². The molecule has 0 saturated heterocycles. The molecule has 0 radical (unpaired) electrons. The lowest BCUT2D eigenvalue weighted by atomic mass is 10.2. The molecule has 4 heteroatoms. The number of anilines is 1. The molecule has 0 spiro atoms. The van der Waals surface area contributed by atoms with Gasteiger partial charge in [-0.15, -0.1) is 11.8 Å². The van der Waals surface area contributed by atoms with Gasteiger partial charge in [0, 0.05) is 42.5 Å². The molecule has 116 valence electrons. The number of thioether (sulfide) groups is 1. The molecule has 2 rings (SSSR count). The van der Waals surface area contributed by atoms with Gasteiger partial charge in [-0.1, -0.05) is 17.7 Å².